The van der Waals surface area contributed by atoms with E-state index in [-0.39, 0.29) is 24.5 Å². The third-order valence-electron chi connectivity index (χ3n) is 4.88. The van der Waals surface area contributed by atoms with Crippen molar-refractivity contribution in [3.05, 3.63) is 71.8 Å². The van der Waals surface area contributed by atoms with E-state index in [9.17, 15) is 9.90 Å². The highest BCUT2D eigenvalue weighted by molar-refractivity contribution is 5.70. The largest absolute Gasteiger partial charge is 0.466 e. The number of carbonyl (C=O) groups is 1. The van der Waals surface area contributed by atoms with Gasteiger partial charge >= 0.3 is 5.97 Å². The van der Waals surface area contributed by atoms with Crippen molar-refractivity contribution in [2.45, 2.75) is 44.7 Å². The second kappa shape index (κ2) is 9.65. The summed E-state index contributed by atoms with van der Waals surface area (Å²) in [5.74, 6) is -0.289. The van der Waals surface area contributed by atoms with Crippen LogP contribution in [0.3, 0.4) is 0 Å². The Morgan fingerprint density at radius 2 is 1.70 bits per heavy atom. The highest BCUT2D eigenvalue weighted by atomic mass is 16.5. The third kappa shape index (κ3) is 5.39. The van der Waals surface area contributed by atoms with E-state index in [1.54, 1.807) is 6.92 Å². The molecule has 1 N–H and O–H groups in total. The van der Waals surface area contributed by atoms with Crippen molar-refractivity contribution in [2.24, 2.45) is 0 Å². The van der Waals surface area contributed by atoms with Crippen molar-refractivity contribution in [3.63, 3.8) is 0 Å². The number of aliphatic hydroxyl groups excluding tert-OH is 1. The number of ether oxygens (including phenoxy) is 2. The molecule has 3 rings (SSSR count). The van der Waals surface area contributed by atoms with E-state index < -0.39 is 6.10 Å². The van der Waals surface area contributed by atoms with Crippen LogP contribution in [0.4, 0.5) is 0 Å². The van der Waals surface area contributed by atoms with Crippen molar-refractivity contribution in [2.75, 3.05) is 13.2 Å². The molecule has 1 unspecified atom stereocenters. The maximum Gasteiger partial charge on any atom is 0.307 e. The summed E-state index contributed by atoms with van der Waals surface area (Å²) in [7, 11) is 0. The number of benzene rings is 2. The zero-order valence-electron chi connectivity index (χ0n) is 15.7. The summed E-state index contributed by atoms with van der Waals surface area (Å²) in [5, 5.41) is 10.8. The molecule has 1 fully saturated rings. The molecule has 1 heterocycles. The van der Waals surface area contributed by atoms with E-state index in [2.05, 4.69) is 4.90 Å². The molecule has 0 aliphatic carbocycles. The number of carbonyl (C=O) groups excluding carboxylic acids is 1. The molecule has 2 aromatic carbocycles. The first-order valence-corrected chi connectivity index (χ1v) is 9.44. The van der Waals surface area contributed by atoms with Gasteiger partial charge in [0.25, 0.3) is 0 Å². The summed E-state index contributed by atoms with van der Waals surface area (Å²) >= 11 is 0. The summed E-state index contributed by atoms with van der Waals surface area (Å²) in [6, 6.07) is 19.6. The van der Waals surface area contributed by atoms with Gasteiger partial charge in [-0.1, -0.05) is 60.7 Å². The van der Waals surface area contributed by atoms with Gasteiger partial charge in [-0.05, 0) is 18.1 Å². The zero-order chi connectivity index (χ0) is 19.1. The average Bonchev–Trinajstić information content (AvgIpc) is 2.97. The van der Waals surface area contributed by atoms with Crippen LogP contribution >= 0.6 is 0 Å². The minimum absolute atomic E-state index is 0.160. The van der Waals surface area contributed by atoms with E-state index in [0.717, 1.165) is 11.1 Å². The minimum Gasteiger partial charge on any atom is -0.466 e. The van der Waals surface area contributed by atoms with E-state index >= 15 is 0 Å². The number of likely N-dealkylation sites (tertiary alicyclic amines) is 1. The first-order chi connectivity index (χ1) is 13.2. The molecular weight excluding hydrogens is 342 g/mol. The molecule has 0 bridgehead atoms. The Bertz CT molecular complexity index is 707. The molecule has 1 aliphatic heterocycles. The molecule has 0 amide bonds. The fourth-order valence-electron chi connectivity index (χ4n) is 3.51. The number of esters is 1. The highest BCUT2D eigenvalue weighted by Crippen LogP contribution is 2.26. The van der Waals surface area contributed by atoms with Crippen LogP contribution in [0.2, 0.25) is 0 Å². The summed E-state index contributed by atoms with van der Waals surface area (Å²) in [6.07, 6.45) is -0.914. The summed E-state index contributed by atoms with van der Waals surface area (Å²) in [4.78, 5) is 14.1. The van der Waals surface area contributed by atoms with Crippen LogP contribution in [-0.4, -0.2) is 47.4 Å². The third-order valence-corrected chi connectivity index (χ3v) is 4.88. The Hall–Kier alpha value is -2.21. The molecule has 5 nitrogen and oxygen atoms in total. The zero-order valence-corrected chi connectivity index (χ0v) is 15.7. The fraction of sp³-hybridized carbons (Fsp3) is 0.409. The van der Waals surface area contributed by atoms with Gasteiger partial charge in [-0.25, -0.2) is 0 Å². The van der Waals surface area contributed by atoms with Crippen molar-refractivity contribution in [3.8, 4) is 0 Å². The minimum atomic E-state index is -0.734. The molecule has 2 aromatic rings. The molecular formula is C22H27NO4. The van der Waals surface area contributed by atoms with Gasteiger partial charge < -0.3 is 14.6 Å². The SMILES string of the molecule is CCOC(=O)CC1[C@@H](O)[C@H](OCc2ccccc2)CN1Cc1ccccc1. The van der Waals surface area contributed by atoms with E-state index in [0.29, 0.717) is 26.3 Å². The average molecular weight is 369 g/mol. The van der Waals surface area contributed by atoms with Gasteiger partial charge in [0.2, 0.25) is 0 Å². The Morgan fingerprint density at radius 3 is 2.33 bits per heavy atom. The molecule has 0 aromatic heterocycles. The Balaban J connectivity index is 1.67. The van der Waals surface area contributed by atoms with Crippen LogP contribution in [-0.2, 0) is 27.4 Å². The van der Waals surface area contributed by atoms with Crippen LogP contribution in [0.5, 0.6) is 0 Å². The molecule has 3 atom stereocenters. The lowest BCUT2D eigenvalue weighted by molar-refractivity contribution is -0.145. The lowest BCUT2D eigenvalue weighted by Crippen LogP contribution is -2.38. The fourth-order valence-corrected chi connectivity index (χ4v) is 3.51. The molecule has 144 valence electrons. The highest BCUT2D eigenvalue weighted by Gasteiger charge is 2.42. The topological polar surface area (TPSA) is 59.0 Å². The summed E-state index contributed by atoms with van der Waals surface area (Å²) < 4.78 is 11.1. The maximum atomic E-state index is 12.0. The smallest absolute Gasteiger partial charge is 0.307 e. The van der Waals surface area contributed by atoms with Crippen molar-refractivity contribution in [1.29, 1.82) is 0 Å². The molecule has 1 aliphatic rings. The Labute approximate surface area is 160 Å². The van der Waals surface area contributed by atoms with Gasteiger partial charge in [0.15, 0.2) is 0 Å². The van der Waals surface area contributed by atoms with Crippen molar-refractivity contribution < 1.29 is 19.4 Å². The van der Waals surface area contributed by atoms with Gasteiger partial charge in [0, 0.05) is 19.1 Å². The summed E-state index contributed by atoms with van der Waals surface area (Å²) in [6.45, 7) is 3.80. The maximum absolute atomic E-state index is 12.0. The van der Waals surface area contributed by atoms with Crippen molar-refractivity contribution in [1.82, 2.24) is 4.90 Å². The van der Waals surface area contributed by atoms with E-state index in [1.807, 2.05) is 60.7 Å². The molecule has 0 radical (unpaired) electrons. The monoisotopic (exact) mass is 369 g/mol. The summed E-state index contributed by atoms with van der Waals surface area (Å²) in [5.41, 5.74) is 2.20. The van der Waals surface area contributed by atoms with Gasteiger partial charge in [-0.15, -0.1) is 0 Å². The number of hydrogen-bond donors (Lipinski definition) is 1. The Kier molecular flexibility index (Phi) is 6.98. The van der Waals surface area contributed by atoms with Crippen LogP contribution < -0.4 is 0 Å². The number of aliphatic hydroxyl groups is 1. The Morgan fingerprint density at radius 1 is 1.07 bits per heavy atom. The first kappa shape index (κ1) is 19.5. The predicted octanol–water partition coefficient (Wildman–Crippen LogP) is 2.77. The van der Waals surface area contributed by atoms with Crippen LogP contribution in [0.1, 0.15) is 24.5 Å². The van der Waals surface area contributed by atoms with Gasteiger partial charge in [0.1, 0.15) is 0 Å². The van der Waals surface area contributed by atoms with E-state index in [4.69, 9.17) is 9.47 Å². The molecule has 5 heteroatoms. The van der Waals surface area contributed by atoms with Crippen LogP contribution in [0, 0.1) is 0 Å². The second-order valence-electron chi connectivity index (χ2n) is 6.82. The van der Waals surface area contributed by atoms with Crippen LogP contribution in [0.15, 0.2) is 60.7 Å². The normalized spacial score (nSPS) is 22.7. The first-order valence-electron chi connectivity index (χ1n) is 9.44. The lowest BCUT2D eigenvalue weighted by Gasteiger charge is -2.25. The number of nitrogens with zero attached hydrogens (tertiary/aromatic N) is 1. The predicted molar refractivity (Wildman–Crippen MR) is 103 cm³/mol. The lowest BCUT2D eigenvalue weighted by atomic mass is 10.1. The van der Waals surface area contributed by atoms with Crippen molar-refractivity contribution >= 4 is 5.97 Å². The quantitative estimate of drug-likeness (QED) is 0.725. The molecule has 0 saturated carbocycles. The van der Waals surface area contributed by atoms with Gasteiger partial charge in [-0.3, -0.25) is 9.69 Å². The molecule has 1 saturated heterocycles. The van der Waals surface area contributed by atoms with Gasteiger partial charge in [-0.2, -0.15) is 0 Å². The van der Waals surface area contributed by atoms with E-state index in [1.165, 1.54) is 0 Å². The number of rotatable bonds is 8. The number of hydrogen-bond acceptors (Lipinski definition) is 5. The second-order valence-corrected chi connectivity index (χ2v) is 6.82. The van der Waals surface area contributed by atoms with Crippen LogP contribution in [0.25, 0.3) is 0 Å². The standard InChI is InChI=1S/C22H27NO4/c1-2-26-21(24)13-19-22(25)20(27-16-18-11-7-4-8-12-18)15-23(19)14-17-9-5-3-6-10-17/h3-12,19-20,22,25H,2,13-16H2,1H3/t19?,20-,22-/m1/s1. The molecule has 27 heavy (non-hydrogen) atoms. The van der Waals surface area contributed by atoms with Gasteiger partial charge in [0.05, 0.1) is 31.8 Å². The molecule has 0 spiro atoms.